The fourth-order valence-corrected chi connectivity index (χ4v) is 6.93. The Morgan fingerprint density at radius 3 is 2.63 bits per heavy atom. The molecular weight excluding hydrogens is 667 g/mol. The van der Waals surface area contributed by atoms with E-state index in [1.165, 1.54) is 15.4 Å². The van der Waals surface area contributed by atoms with Gasteiger partial charge in [-0.2, -0.15) is 13.2 Å². The third-order valence-corrected chi connectivity index (χ3v) is 10.1. The number of aryl methyl sites for hydroxylation is 2. The number of carbonyl (C=O) groups is 2. The first-order chi connectivity index (χ1) is 23.2. The highest BCUT2D eigenvalue weighted by atomic mass is 32.2. The van der Waals surface area contributed by atoms with Crippen molar-refractivity contribution in [2.45, 2.75) is 50.7 Å². The number of hydroxylamine groups is 2. The Bertz CT molecular complexity index is 1790. The van der Waals surface area contributed by atoms with Gasteiger partial charge in [0.1, 0.15) is 17.1 Å². The van der Waals surface area contributed by atoms with E-state index in [1.807, 2.05) is 0 Å². The lowest BCUT2D eigenvalue weighted by Crippen LogP contribution is -2.50. The fourth-order valence-electron chi connectivity index (χ4n) is 5.46. The zero-order valence-electron chi connectivity index (χ0n) is 27.0. The number of carbonyl (C=O) groups excluding carboxylic acids is 2. The van der Waals surface area contributed by atoms with Crippen LogP contribution >= 0.6 is 0 Å². The van der Waals surface area contributed by atoms with Crippen LogP contribution in [0.15, 0.2) is 46.5 Å². The molecule has 0 aliphatic carbocycles. The molecule has 13 nitrogen and oxygen atoms in total. The normalized spacial score (nSPS) is 16.1. The Morgan fingerprint density at radius 1 is 1.24 bits per heavy atom. The van der Waals surface area contributed by atoms with Gasteiger partial charge >= 0.3 is 12.1 Å². The molecule has 0 aromatic heterocycles. The third kappa shape index (κ3) is 9.51. The maximum absolute atomic E-state index is 13.6. The van der Waals surface area contributed by atoms with E-state index in [0.717, 1.165) is 17.7 Å². The molecule has 4 rings (SSSR count). The standard InChI is InChI=1S/C32H36F3N7O6S/c1-4-5-16-47-27-20-25(19-26(21-27)32(33,34)35)28-38-30(44)31(39-28)10-14-42(15-11-31)49(45,46)17-9-23-7-8-24(18-22(23)2)29(43)48-41(3)13-6-12-37-40-36/h1,7-8,18-21H,5-6,9-17H2,2-3H3,(H,38,39,44). The molecule has 0 bridgehead atoms. The van der Waals surface area contributed by atoms with Gasteiger partial charge in [-0.15, -0.1) is 17.4 Å². The number of amidine groups is 1. The van der Waals surface area contributed by atoms with E-state index in [2.05, 4.69) is 26.3 Å². The zero-order chi connectivity index (χ0) is 35.8. The average Bonchev–Trinajstić information content (AvgIpc) is 3.37. The molecule has 0 atom stereocenters. The first-order valence-electron chi connectivity index (χ1n) is 15.4. The number of rotatable bonds is 14. The number of nitrogens with zero attached hydrogens (tertiary/aromatic N) is 6. The smallest absolute Gasteiger partial charge is 0.416 e. The van der Waals surface area contributed by atoms with E-state index < -0.39 is 39.2 Å². The number of halogens is 3. The van der Waals surface area contributed by atoms with Gasteiger partial charge in [-0.25, -0.2) is 17.5 Å². The van der Waals surface area contributed by atoms with Crippen LogP contribution in [-0.2, 0) is 32.3 Å². The van der Waals surface area contributed by atoms with Gasteiger partial charge in [0.15, 0.2) is 0 Å². The highest BCUT2D eigenvalue weighted by molar-refractivity contribution is 7.89. The number of terminal acetylenes is 1. The van der Waals surface area contributed by atoms with Gasteiger partial charge in [0.2, 0.25) is 10.0 Å². The van der Waals surface area contributed by atoms with Crippen LogP contribution in [0.2, 0.25) is 0 Å². The molecule has 262 valence electrons. The van der Waals surface area contributed by atoms with Crippen LogP contribution in [0.25, 0.3) is 10.4 Å². The number of hydrogen-bond donors (Lipinski definition) is 1. The molecule has 2 aromatic carbocycles. The van der Waals surface area contributed by atoms with E-state index in [0.29, 0.717) is 24.1 Å². The van der Waals surface area contributed by atoms with Gasteiger partial charge in [0, 0.05) is 50.1 Å². The van der Waals surface area contributed by atoms with E-state index in [9.17, 15) is 31.2 Å². The minimum absolute atomic E-state index is 0.00425. The van der Waals surface area contributed by atoms with Crippen molar-refractivity contribution in [1.29, 1.82) is 0 Å². The van der Waals surface area contributed by atoms with Crippen LogP contribution in [0.4, 0.5) is 13.2 Å². The summed E-state index contributed by atoms with van der Waals surface area (Å²) in [5, 5.41) is 7.36. The molecule has 1 amide bonds. The molecule has 0 radical (unpaired) electrons. The number of nitrogens with one attached hydrogen (secondary N) is 1. The van der Waals surface area contributed by atoms with Gasteiger partial charge in [-0.1, -0.05) is 11.2 Å². The van der Waals surface area contributed by atoms with Gasteiger partial charge in [-0.05, 0) is 79.6 Å². The molecule has 2 heterocycles. The summed E-state index contributed by atoms with van der Waals surface area (Å²) in [4.78, 5) is 38.1. The Balaban J connectivity index is 1.37. The Labute approximate surface area is 282 Å². The number of amides is 1. The predicted molar refractivity (Wildman–Crippen MR) is 174 cm³/mol. The van der Waals surface area contributed by atoms with Gasteiger partial charge in [-0.3, -0.25) is 9.79 Å². The van der Waals surface area contributed by atoms with Gasteiger partial charge < -0.3 is 14.9 Å². The number of hydrogen-bond acceptors (Lipinski definition) is 9. The minimum atomic E-state index is -4.68. The lowest BCUT2D eigenvalue weighted by Gasteiger charge is -2.34. The largest absolute Gasteiger partial charge is 0.493 e. The number of alkyl halides is 3. The molecule has 0 unspecified atom stereocenters. The van der Waals surface area contributed by atoms with Crippen LogP contribution in [0, 0.1) is 19.3 Å². The summed E-state index contributed by atoms with van der Waals surface area (Å²) in [5.41, 5.74) is 7.77. The number of azide groups is 1. The zero-order valence-corrected chi connectivity index (χ0v) is 27.8. The quantitative estimate of drug-likeness (QED) is 0.0760. The minimum Gasteiger partial charge on any atom is -0.493 e. The molecule has 1 fully saturated rings. The predicted octanol–water partition coefficient (Wildman–Crippen LogP) is 4.40. The van der Waals surface area contributed by atoms with E-state index >= 15 is 0 Å². The molecule has 1 spiro atoms. The molecule has 17 heteroatoms. The first kappa shape index (κ1) is 37.2. The molecule has 1 N–H and O–H groups in total. The van der Waals surface area contributed by atoms with Crippen LogP contribution in [-0.4, -0.2) is 86.6 Å². The lowest BCUT2D eigenvalue weighted by atomic mass is 9.89. The topological polar surface area (TPSA) is 166 Å². The second kappa shape index (κ2) is 15.7. The van der Waals surface area contributed by atoms with Gasteiger partial charge in [0.25, 0.3) is 5.91 Å². The molecule has 49 heavy (non-hydrogen) atoms. The van der Waals surface area contributed by atoms with Crippen molar-refractivity contribution in [1.82, 2.24) is 14.7 Å². The van der Waals surface area contributed by atoms with Crippen molar-refractivity contribution in [3.8, 4) is 18.1 Å². The van der Waals surface area contributed by atoms with Crippen molar-refractivity contribution in [2.24, 2.45) is 10.1 Å². The highest BCUT2D eigenvalue weighted by Gasteiger charge is 2.47. The van der Waals surface area contributed by atoms with Crippen molar-refractivity contribution in [3.05, 3.63) is 74.7 Å². The van der Waals surface area contributed by atoms with Gasteiger partial charge in [0.05, 0.1) is 23.5 Å². The Morgan fingerprint density at radius 2 is 1.98 bits per heavy atom. The number of benzene rings is 2. The summed E-state index contributed by atoms with van der Waals surface area (Å²) >= 11 is 0. The van der Waals surface area contributed by atoms with Crippen molar-refractivity contribution in [2.75, 3.05) is 45.6 Å². The van der Waals surface area contributed by atoms with Crippen molar-refractivity contribution < 1.29 is 40.8 Å². The Hall–Kier alpha value is -4.62. The van der Waals surface area contributed by atoms with Crippen LogP contribution in [0.3, 0.4) is 0 Å². The van der Waals surface area contributed by atoms with Crippen LogP contribution in [0.5, 0.6) is 5.75 Å². The summed E-state index contributed by atoms with van der Waals surface area (Å²) < 4.78 is 74.2. The SMILES string of the molecule is C#CCCOc1cc(C2=NC3(CCN(S(=O)(=O)CCc4ccc(C(=O)ON(C)CCCN=[N+]=[N-])cc4C)CC3)C(=O)N2)cc(C(F)(F)F)c1. The number of ether oxygens (including phenoxy) is 1. The molecule has 0 saturated carbocycles. The molecule has 2 aliphatic rings. The van der Waals surface area contributed by atoms with Crippen molar-refractivity contribution in [3.63, 3.8) is 0 Å². The lowest BCUT2D eigenvalue weighted by molar-refractivity contribution is -0.137. The summed E-state index contributed by atoms with van der Waals surface area (Å²) in [5.74, 6) is 0.909. The van der Waals surface area contributed by atoms with Crippen molar-refractivity contribution >= 4 is 27.7 Å². The Kier molecular flexibility index (Phi) is 11.9. The fraction of sp³-hybridized carbons (Fsp3) is 0.469. The number of aliphatic imine (C=N–C) groups is 1. The monoisotopic (exact) mass is 703 g/mol. The first-order valence-corrected chi connectivity index (χ1v) is 17.0. The van der Waals surface area contributed by atoms with E-state index in [1.54, 1.807) is 32.2 Å². The summed E-state index contributed by atoms with van der Waals surface area (Å²) in [6, 6.07) is 7.91. The number of sulfonamides is 1. The average molecular weight is 704 g/mol. The van der Waals surface area contributed by atoms with Crippen LogP contribution in [0.1, 0.15) is 58.3 Å². The second-order valence-corrected chi connectivity index (χ2v) is 13.7. The maximum atomic E-state index is 13.6. The third-order valence-electron chi connectivity index (χ3n) is 8.19. The van der Waals surface area contributed by atoms with Crippen LogP contribution < -0.4 is 10.1 Å². The highest BCUT2D eigenvalue weighted by Crippen LogP contribution is 2.36. The van der Waals surface area contributed by atoms with E-state index in [-0.39, 0.29) is 74.8 Å². The molecule has 1 saturated heterocycles. The summed E-state index contributed by atoms with van der Waals surface area (Å²) in [6.07, 6.45) is 1.48. The maximum Gasteiger partial charge on any atom is 0.416 e. The molecular formula is C32H36F3N7O6S. The molecule has 2 aliphatic heterocycles. The summed E-state index contributed by atoms with van der Waals surface area (Å²) in [6.45, 7) is 2.40. The summed E-state index contributed by atoms with van der Waals surface area (Å²) in [7, 11) is -2.17. The molecule has 2 aromatic rings. The second-order valence-electron chi connectivity index (χ2n) is 11.6. The van der Waals surface area contributed by atoms with E-state index in [4.69, 9.17) is 21.5 Å². The number of piperidine rings is 1.